The molecular formula is C25H18N2O4S. The van der Waals surface area contributed by atoms with Gasteiger partial charge in [-0.2, -0.15) is 5.26 Å². The molecule has 0 radical (unpaired) electrons. The summed E-state index contributed by atoms with van der Waals surface area (Å²) in [6, 6.07) is 23.5. The van der Waals surface area contributed by atoms with E-state index in [-0.39, 0.29) is 11.5 Å². The molecule has 4 rings (SSSR count). The molecule has 2 amide bonds. The van der Waals surface area contributed by atoms with Gasteiger partial charge >= 0.3 is 0 Å². The van der Waals surface area contributed by atoms with Crippen LogP contribution in [0.15, 0.2) is 77.7 Å². The van der Waals surface area contributed by atoms with Crippen molar-refractivity contribution in [1.29, 1.82) is 5.26 Å². The van der Waals surface area contributed by atoms with Crippen LogP contribution in [0.2, 0.25) is 0 Å². The second-order valence-electron chi connectivity index (χ2n) is 6.78. The van der Waals surface area contributed by atoms with Crippen molar-refractivity contribution in [3.05, 3.63) is 94.4 Å². The fourth-order valence-corrected chi connectivity index (χ4v) is 4.10. The number of benzene rings is 3. The monoisotopic (exact) mass is 442 g/mol. The van der Waals surface area contributed by atoms with Crippen LogP contribution in [-0.2, 0) is 11.4 Å². The molecule has 0 bridgehead atoms. The van der Waals surface area contributed by atoms with Crippen LogP contribution >= 0.6 is 11.8 Å². The summed E-state index contributed by atoms with van der Waals surface area (Å²) in [6.45, 7) is 0.206. The Hall–Kier alpha value is -4.02. The third kappa shape index (κ3) is 4.22. The van der Waals surface area contributed by atoms with Crippen molar-refractivity contribution < 1.29 is 19.1 Å². The van der Waals surface area contributed by atoms with Gasteiger partial charge in [-0.05, 0) is 42.1 Å². The first kappa shape index (κ1) is 21.2. The molecule has 0 N–H and O–H groups in total. The number of methoxy groups -OCH3 is 1. The number of carbonyl (C=O) groups excluding carboxylic acids is 2. The predicted octanol–water partition coefficient (Wildman–Crippen LogP) is 5.39. The number of imide groups is 1. The number of thioether (sulfide) groups is 1. The van der Waals surface area contributed by atoms with Crippen LogP contribution in [0.5, 0.6) is 11.5 Å². The number of hydrogen-bond donors (Lipinski definition) is 0. The summed E-state index contributed by atoms with van der Waals surface area (Å²) in [7, 11) is 1.49. The smallest absolute Gasteiger partial charge is 0.298 e. The van der Waals surface area contributed by atoms with Crippen LogP contribution in [0.25, 0.3) is 6.08 Å². The molecule has 0 spiro atoms. The van der Waals surface area contributed by atoms with Gasteiger partial charge in [0.25, 0.3) is 11.1 Å². The highest BCUT2D eigenvalue weighted by Crippen LogP contribution is 2.40. The van der Waals surface area contributed by atoms with Crippen molar-refractivity contribution in [1.82, 2.24) is 0 Å². The van der Waals surface area contributed by atoms with E-state index in [4.69, 9.17) is 9.47 Å². The fourth-order valence-electron chi connectivity index (χ4n) is 3.27. The van der Waals surface area contributed by atoms with Crippen LogP contribution in [0.1, 0.15) is 16.7 Å². The van der Waals surface area contributed by atoms with Gasteiger partial charge in [0.05, 0.1) is 29.3 Å². The fraction of sp³-hybridized carbons (Fsp3) is 0.0800. The van der Waals surface area contributed by atoms with Gasteiger partial charge in [0.15, 0.2) is 0 Å². The highest BCUT2D eigenvalue weighted by Gasteiger charge is 2.37. The number of carbonyl (C=O) groups is 2. The van der Waals surface area contributed by atoms with E-state index in [0.717, 1.165) is 22.2 Å². The Labute approximate surface area is 189 Å². The zero-order valence-electron chi connectivity index (χ0n) is 17.1. The molecule has 1 fully saturated rings. The topological polar surface area (TPSA) is 79.6 Å². The summed E-state index contributed by atoms with van der Waals surface area (Å²) in [6.07, 6.45) is 1.64. The number of nitriles is 1. The number of rotatable bonds is 6. The summed E-state index contributed by atoms with van der Waals surface area (Å²) < 4.78 is 11.3. The lowest BCUT2D eigenvalue weighted by Gasteiger charge is -2.15. The molecule has 7 heteroatoms. The summed E-state index contributed by atoms with van der Waals surface area (Å²) in [5, 5.41) is 8.87. The number of ether oxygens (including phenoxy) is 2. The van der Waals surface area contributed by atoms with Gasteiger partial charge < -0.3 is 9.47 Å². The second-order valence-corrected chi connectivity index (χ2v) is 7.78. The van der Waals surface area contributed by atoms with Crippen molar-refractivity contribution in [2.24, 2.45) is 0 Å². The molecule has 32 heavy (non-hydrogen) atoms. The summed E-state index contributed by atoms with van der Waals surface area (Å²) in [5.41, 5.74) is 2.37. The van der Waals surface area contributed by atoms with Gasteiger partial charge in [0.2, 0.25) is 0 Å². The summed E-state index contributed by atoms with van der Waals surface area (Å²) in [4.78, 5) is 27.1. The standard InChI is InChI=1S/C25H18N2O4S/c1-30-22-13-7-5-11-20(22)27-24(28)23(32-25(27)29)14-17-8-4-6-12-21(17)31-16-19-10-3-2-9-18(19)15-26/h2-14H,16H2,1H3/b23-14-. The van der Waals surface area contributed by atoms with Gasteiger partial charge in [-0.3, -0.25) is 9.59 Å². The molecule has 1 aliphatic heterocycles. The van der Waals surface area contributed by atoms with Crippen molar-refractivity contribution in [2.45, 2.75) is 6.61 Å². The Balaban J connectivity index is 1.60. The van der Waals surface area contributed by atoms with Gasteiger partial charge in [-0.15, -0.1) is 0 Å². The second kappa shape index (κ2) is 9.41. The normalized spacial score (nSPS) is 14.5. The summed E-state index contributed by atoms with van der Waals surface area (Å²) in [5.74, 6) is 0.564. The number of nitrogens with zero attached hydrogens (tertiary/aromatic N) is 2. The van der Waals surface area contributed by atoms with Crippen molar-refractivity contribution in [2.75, 3.05) is 12.0 Å². The Kier molecular flexibility index (Phi) is 6.24. The Morgan fingerprint density at radius 3 is 2.44 bits per heavy atom. The minimum Gasteiger partial charge on any atom is -0.495 e. The van der Waals surface area contributed by atoms with E-state index in [9.17, 15) is 14.9 Å². The third-order valence-electron chi connectivity index (χ3n) is 4.85. The molecule has 0 unspecified atom stereocenters. The highest BCUT2D eigenvalue weighted by molar-refractivity contribution is 8.19. The lowest BCUT2D eigenvalue weighted by atomic mass is 10.1. The maximum absolute atomic E-state index is 13.0. The van der Waals surface area contributed by atoms with Crippen molar-refractivity contribution in [3.63, 3.8) is 0 Å². The molecular weight excluding hydrogens is 424 g/mol. The molecule has 0 aromatic heterocycles. The highest BCUT2D eigenvalue weighted by atomic mass is 32.2. The van der Waals surface area contributed by atoms with Gasteiger partial charge in [-0.1, -0.05) is 48.5 Å². The van der Waals surface area contributed by atoms with Crippen molar-refractivity contribution in [3.8, 4) is 17.6 Å². The maximum Gasteiger partial charge on any atom is 0.298 e. The molecule has 1 saturated heterocycles. The molecule has 0 aliphatic carbocycles. The molecule has 3 aromatic carbocycles. The minimum absolute atomic E-state index is 0.206. The predicted molar refractivity (Wildman–Crippen MR) is 123 cm³/mol. The first-order valence-electron chi connectivity index (χ1n) is 9.73. The number of anilines is 1. The molecule has 1 heterocycles. The van der Waals surface area contributed by atoms with Gasteiger partial charge in [-0.25, -0.2) is 4.90 Å². The molecule has 0 saturated carbocycles. The molecule has 6 nitrogen and oxygen atoms in total. The number of hydrogen-bond acceptors (Lipinski definition) is 6. The van der Waals surface area contributed by atoms with Crippen LogP contribution in [0.4, 0.5) is 10.5 Å². The average molecular weight is 442 g/mol. The SMILES string of the molecule is COc1ccccc1N1C(=O)S/C(=C\c2ccccc2OCc2ccccc2C#N)C1=O. The van der Waals surface area contributed by atoms with Crippen LogP contribution < -0.4 is 14.4 Å². The van der Waals surface area contributed by atoms with Gasteiger partial charge in [0.1, 0.15) is 18.1 Å². The maximum atomic E-state index is 13.0. The zero-order chi connectivity index (χ0) is 22.5. The van der Waals surface area contributed by atoms with E-state index in [2.05, 4.69) is 6.07 Å². The van der Waals surface area contributed by atoms with E-state index >= 15 is 0 Å². The zero-order valence-corrected chi connectivity index (χ0v) is 18.0. The minimum atomic E-state index is -0.422. The van der Waals surface area contributed by atoms with E-state index in [0.29, 0.717) is 28.3 Å². The summed E-state index contributed by atoms with van der Waals surface area (Å²) >= 11 is 0.864. The van der Waals surface area contributed by atoms with Crippen LogP contribution in [-0.4, -0.2) is 18.3 Å². The quantitative estimate of drug-likeness (QED) is 0.477. The number of para-hydroxylation sites is 3. The first-order chi connectivity index (χ1) is 15.6. The van der Waals surface area contributed by atoms with E-state index < -0.39 is 11.1 Å². The van der Waals surface area contributed by atoms with E-state index in [1.54, 1.807) is 48.5 Å². The van der Waals surface area contributed by atoms with Gasteiger partial charge in [0, 0.05) is 11.1 Å². The van der Waals surface area contributed by atoms with Crippen LogP contribution in [0, 0.1) is 11.3 Å². The Morgan fingerprint density at radius 2 is 1.66 bits per heavy atom. The Bertz CT molecular complexity index is 1260. The molecule has 1 aliphatic rings. The lowest BCUT2D eigenvalue weighted by Crippen LogP contribution is -2.28. The van der Waals surface area contributed by atoms with E-state index in [1.807, 2.05) is 30.3 Å². The molecule has 158 valence electrons. The lowest BCUT2D eigenvalue weighted by molar-refractivity contribution is -0.113. The first-order valence-corrected chi connectivity index (χ1v) is 10.5. The Morgan fingerprint density at radius 1 is 0.969 bits per heavy atom. The number of amides is 2. The van der Waals surface area contributed by atoms with Crippen LogP contribution in [0.3, 0.4) is 0 Å². The average Bonchev–Trinajstić information content (AvgIpc) is 3.11. The third-order valence-corrected chi connectivity index (χ3v) is 5.72. The largest absolute Gasteiger partial charge is 0.495 e. The molecule has 3 aromatic rings. The van der Waals surface area contributed by atoms with E-state index in [1.165, 1.54) is 7.11 Å². The molecule has 0 atom stereocenters. The van der Waals surface area contributed by atoms with Crippen molar-refractivity contribution >= 4 is 34.7 Å².